The number of rotatable bonds is 10. The fourth-order valence-electron chi connectivity index (χ4n) is 3.79. The summed E-state index contributed by atoms with van der Waals surface area (Å²) >= 11 is 1.57. The van der Waals surface area contributed by atoms with Crippen molar-refractivity contribution in [2.75, 3.05) is 30.8 Å². The summed E-state index contributed by atoms with van der Waals surface area (Å²) < 4.78 is 2.14. The number of hydrogen-bond acceptors (Lipinski definition) is 7. The predicted octanol–water partition coefficient (Wildman–Crippen LogP) is 3.53. The molecule has 0 saturated carbocycles. The highest BCUT2D eigenvalue weighted by Crippen LogP contribution is 2.31. The molecule has 10 heteroatoms. The summed E-state index contributed by atoms with van der Waals surface area (Å²) in [6.45, 7) is 7.25. The Morgan fingerprint density at radius 3 is 2.68 bits per heavy atom. The molecule has 1 aliphatic rings. The van der Waals surface area contributed by atoms with Crippen LogP contribution in [-0.4, -0.2) is 51.5 Å². The van der Waals surface area contributed by atoms with Gasteiger partial charge in [-0.15, -0.1) is 10.2 Å². The van der Waals surface area contributed by atoms with Gasteiger partial charge in [-0.25, -0.2) is 0 Å². The molecule has 1 aromatic carbocycles. The van der Waals surface area contributed by atoms with Gasteiger partial charge in [0.1, 0.15) is 11.5 Å². The van der Waals surface area contributed by atoms with Crippen LogP contribution >= 0.6 is 11.8 Å². The lowest BCUT2D eigenvalue weighted by Crippen LogP contribution is -2.25. The Balaban J connectivity index is 1.58. The summed E-state index contributed by atoms with van der Waals surface area (Å²) in [4.78, 5) is 25.7. The summed E-state index contributed by atoms with van der Waals surface area (Å²) in [5, 5.41) is 23.8. The second kappa shape index (κ2) is 10.6. The third kappa shape index (κ3) is 5.75. The maximum absolute atomic E-state index is 12.5. The Kier molecular flexibility index (Phi) is 7.89. The molecule has 9 nitrogen and oxygen atoms in total. The maximum Gasteiger partial charge on any atom is 0.293 e. The van der Waals surface area contributed by atoms with Crippen molar-refractivity contribution >= 4 is 29.0 Å². The number of aryl methyl sites for hydroxylation is 1. The number of nitro groups is 1. The first kappa shape index (κ1) is 23.1. The van der Waals surface area contributed by atoms with E-state index in [-0.39, 0.29) is 11.6 Å². The quantitative estimate of drug-likeness (QED) is 0.257. The van der Waals surface area contributed by atoms with Gasteiger partial charge in [-0.05, 0) is 43.6 Å². The van der Waals surface area contributed by atoms with Gasteiger partial charge < -0.3 is 14.8 Å². The number of carbonyl (C=O) groups is 1. The Labute approximate surface area is 186 Å². The van der Waals surface area contributed by atoms with Crippen LogP contribution in [0.2, 0.25) is 0 Å². The monoisotopic (exact) mass is 446 g/mol. The van der Waals surface area contributed by atoms with Gasteiger partial charge >= 0.3 is 0 Å². The third-order valence-electron chi connectivity index (χ3n) is 5.27. The normalized spacial score (nSPS) is 13.7. The first-order valence-electron chi connectivity index (χ1n) is 10.7. The zero-order chi connectivity index (χ0) is 22.4. The number of hydrogen-bond donors (Lipinski definition) is 1. The van der Waals surface area contributed by atoms with E-state index >= 15 is 0 Å². The van der Waals surface area contributed by atoms with E-state index in [1.807, 2.05) is 11.2 Å². The molecule has 0 radical (unpaired) electrons. The van der Waals surface area contributed by atoms with Crippen molar-refractivity contribution in [2.24, 2.45) is 5.92 Å². The van der Waals surface area contributed by atoms with E-state index in [0.29, 0.717) is 36.6 Å². The number of nitrogens with zero attached hydrogens (tertiary/aromatic N) is 5. The van der Waals surface area contributed by atoms with E-state index in [1.54, 1.807) is 23.9 Å². The Morgan fingerprint density at radius 2 is 2.03 bits per heavy atom. The molecular formula is C21H30N6O3S. The SMILES string of the molecule is CSc1nnc(CCCNC(=O)c2ccc(N3CCCC3)c([N+](=O)[O-])c2)n1CC(C)C. The number of benzene rings is 1. The standard InChI is InChI=1S/C21H30N6O3S/c1-15(2)14-26-19(23-24-21(26)31-3)7-6-10-22-20(28)16-8-9-17(18(13-16)27(29)30)25-11-4-5-12-25/h8-9,13,15H,4-7,10-12,14H2,1-3H3,(H,22,28). The van der Waals surface area contributed by atoms with Gasteiger partial charge in [-0.2, -0.15) is 0 Å². The van der Waals surface area contributed by atoms with Crippen molar-refractivity contribution in [3.05, 3.63) is 39.7 Å². The number of nitrogens with one attached hydrogen (secondary N) is 1. The topological polar surface area (TPSA) is 106 Å². The molecule has 1 N–H and O–H groups in total. The molecule has 0 spiro atoms. The molecule has 1 saturated heterocycles. The van der Waals surface area contributed by atoms with E-state index in [9.17, 15) is 14.9 Å². The number of thioether (sulfide) groups is 1. The zero-order valence-electron chi connectivity index (χ0n) is 18.3. The lowest BCUT2D eigenvalue weighted by atomic mass is 10.1. The molecule has 0 atom stereocenters. The molecule has 1 fully saturated rings. The van der Waals surface area contributed by atoms with E-state index < -0.39 is 4.92 Å². The lowest BCUT2D eigenvalue weighted by molar-refractivity contribution is -0.384. The molecule has 0 unspecified atom stereocenters. The van der Waals surface area contributed by atoms with Gasteiger partial charge in [-0.1, -0.05) is 25.6 Å². The smallest absolute Gasteiger partial charge is 0.293 e. The van der Waals surface area contributed by atoms with Crippen LogP contribution < -0.4 is 10.2 Å². The molecule has 0 bridgehead atoms. The van der Waals surface area contributed by atoms with Gasteiger partial charge in [-0.3, -0.25) is 14.9 Å². The van der Waals surface area contributed by atoms with Crippen LogP contribution in [0.5, 0.6) is 0 Å². The van der Waals surface area contributed by atoms with Crippen LogP contribution in [-0.2, 0) is 13.0 Å². The van der Waals surface area contributed by atoms with Crippen LogP contribution in [0, 0.1) is 16.0 Å². The van der Waals surface area contributed by atoms with Crippen molar-refractivity contribution in [1.82, 2.24) is 20.1 Å². The number of nitro benzene ring substituents is 1. The second-order valence-electron chi connectivity index (χ2n) is 8.12. The van der Waals surface area contributed by atoms with Gasteiger partial charge in [0, 0.05) is 44.2 Å². The molecule has 1 aromatic heterocycles. The Morgan fingerprint density at radius 1 is 1.29 bits per heavy atom. The largest absolute Gasteiger partial charge is 0.366 e. The summed E-state index contributed by atoms with van der Waals surface area (Å²) in [5.41, 5.74) is 0.886. The summed E-state index contributed by atoms with van der Waals surface area (Å²) in [7, 11) is 0. The predicted molar refractivity (Wildman–Crippen MR) is 122 cm³/mol. The average molecular weight is 447 g/mol. The molecule has 31 heavy (non-hydrogen) atoms. The minimum Gasteiger partial charge on any atom is -0.366 e. The van der Waals surface area contributed by atoms with Crippen molar-refractivity contribution in [3.8, 4) is 0 Å². The molecule has 168 valence electrons. The number of carbonyl (C=O) groups excluding carboxylic acids is 1. The Hall–Kier alpha value is -2.62. The summed E-state index contributed by atoms with van der Waals surface area (Å²) in [5.74, 6) is 1.10. The number of anilines is 1. The van der Waals surface area contributed by atoms with Gasteiger partial charge in [0.05, 0.1) is 4.92 Å². The minimum atomic E-state index is -0.407. The van der Waals surface area contributed by atoms with Crippen molar-refractivity contribution in [1.29, 1.82) is 0 Å². The van der Waals surface area contributed by atoms with Crippen molar-refractivity contribution < 1.29 is 9.72 Å². The van der Waals surface area contributed by atoms with Gasteiger partial charge in [0.25, 0.3) is 11.6 Å². The molecule has 1 amide bonds. The first-order valence-corrected chi connectivity index (χ1v) is 11.9. The molecule has 3 rings (SSSR count). The second-order valence-corrected chi connectivity index (χ2v) is 8.89. The van der Waals surface area contributed by atoms with Crippen LogP contribution in [0.15, 0.2) is 23.4 Å². The molecular weight excluding hydrogens is 416 g/mol. The van der Waals surface area contributed by atoms with Crippen molar-refractivity contribution in [3.63, 3.8) is 0 Å². The average Bonchev–Trinajstić information content (AvgIpc) is 3.40. The fraction of sp³-hybridized carbons (Fsp3) is 0.571. The number of amides is 1. The lowest BCUT2D eigenvalue weighted by Gasteiger charge is -2.17. The van der Waals surface area contributed by atoms with E-state index in [0.717, 1.165) is 43.5 Å². The minimum absolute atomic E-state index is 0.0130. The molecule has 2 heterocycles. The van der Waals surface area contributed by atoms with Crippen LogP contribution in [0.4, 0.5) is 11.4 Å². The summed E-state index contributed by atoms with van der Waals surface area (Å²) in [6.07, 6.45) is 5.46. The molecule has 1 aliphatic heterocycles. The summed E-state index contributed by atoms with van der Waals surface area (Å²) in [6, 6.07) is 4.74. The van der Waals surface area contributed by atoms with E-state index in [1.165, 1.54) is 6.07 Å². The fourth-order valence-corrected chi connectivity index (χ4v) is 4.31. The molecule has 0 aliphatic carbocycles. The van der Waals surface area contributed by atoms with Crippen LogP contribution in [0.25, 0.3) is 0 Å². The number of aromatic nitrogens is 3. The molecule has 2 aromatic rings. The van der Waals surface area contributed by atoms with Crippen molar-refractivity contribution in [2.45, 2.75) is 51.2 Å². The third-order valence-corrected chi connectivity index (χ3v) is 5.93. The van der Waals surface area contributed by atoms with Crippen LogP contribution in [0.3, 0.4) is 0 Å². The maximum atomic E-state index is 12.5. The highest BCUT2D eigenvalue weighted by atomic mass is 32.2. The van der Waals surface area contributed by atoms with E-state index in [4.69, 9.17) is 0 Å². The highest BCUT2D eigenvalue weighted by molar-refractivity contribution is 7.98. The van der Waals surface area contributed by atoms with Gasteiger partial charge in [0.2, 0.25) is 0 Å². The first-order chi connectivity index (χ1) is 14.9. The highest BCUT2D eigenvalue weighted by Gasteiger charge is 2.23. The zero-order valence-corrected chi connectivity index (χ0v) is 19.2. The van der Waals surface area contributed by atoms with Gasteiger partial charge in [0.15, 0.2) is 5.16 Å². The van der Waals surface area contributed by atoms with Crippen LogP contribution in [0.1, 0.15) is 49.3 Å². The Bertz CT molecular complexity index is 924. The van der Waals surface area contributed by atoms with E-state index in [2.05, 4.69) is 33.9 Å².